The fraction of sp³-hybridized carbons (Fsp3) is 0.579. The van der Waals surface area contributed by atoms with Crippen LogP contribution in [0.1, 0.15) is 188 Å². The zero-order chi connectivity index (χ0) is 44.9. The van der Waals surface area contributed by atoms with Crippen molar-refractivity contribution >= 4 is 11.9 Å². The van der Waals surface area contributed by atoms with Crippen LogP contribution in [0, 0.1) is 0 Å². The van der Waals surface area contributed by atoms with Crippen LogP contribution in [-0.2, 0) is 23.8 Å². The number of allylic oxidation sites excluding steroid dienone is 22. The van der Waals surface area contributed by atoms with Crippen molar-refractivity contribution in [2.45, 2.75) is 194 Å². The Balaban J connectivity index is 4.47. The third-order valence-electron chi connectivity index (χ3n) is 9.63. The van der Waals surface area contributed by atoms with E-state index in [9.17, 15) is 9.59 Å². The Kier molecular flexibility index (Phi) is 48.1. The molecule has 0 aliphatic rings. The molecule has 0 saturated heterocycles. The second-order valence-corrected chi connectivity index (χ2v) is 15.6. The molecular weight excluding hydrogens is 765 g/mol. The molecule has 0 heterocycles. The molecule has 0 aliphatic heterocycles. The highest BCUT2D eigenvalue weighted by Gasteiger charge is 2.17. The fourth-order valence-electron chi connectivity index (χ4n) is 6.04. The number of hydrogen-bond donors (Lipinski definition) is 0. The highest BCUT2D eigenvalue weighted by Crippen LogP contribution is 2.11. The van der Waals surface area contributed by atoms with E-state index >= 15 is 0 Å². The Morgan fingerprint density at radius 1 is 0.371 bits per heavy atom. The first-order valence-electron chi connectivity index (χ1n) is 24.7. The smallest absolute Gasteiger partial charge is 0.306 e. The van der Waals surface area contributed by atoms with E-state index in [4.69, 9.17) is 14.2 Å². The standard InChI is InChI=1S/C57H90O5/c1-4-7-10-13-16-19-22-25-27-29-30-33-35-38-41-44-47-50-56(58)61-54-55(62-57(59)51-48-45-42-39-36-32-24-21-18-15-12-9-6-3)53-60-52-49-46-43-40-37-34-31-28-26-23-20-17-14-11-8-5-2/h7-8,10-12,15-17,19-21,24-28,30,33-34,37-38,41,55H,4-6,9,13-14,18,22-23,29,31-32,35-36,39-40,42-54H2,1-3H3/b10-7-,11-8-,15-12-,19-16-,20-17-,24-21-,27-25-,28-26-,33-30-,37-34-,41-38-. The van der Waals surface area contributed by atoms with Gasteiger partial charge in [0.05, 0.1) is 6.61 Å². The van der Waals surface area contributed by atoms with E-state index in [1.165, 1.54) is 19.3 Å². The van der Waals surface area contributed by atoms with Gasteiger partial charge in [0, 0.05) is 19.4 Å². The van der Waals surface area contributed by atoms with E-state index in [1.54, 1.807) is 0 Å². The molecule has 1 unspecified atom stereocenters. The predicted molar refractivity (Wildman–Crippen MR) is 269 cm³/mol. The number of unbranched alkanes of at least 4 members (excludes halogenated alkanes) is 10. The van der Waals surface area contributed by atoms with E-state index in [0.29, 0.717) is 19.4 Å². The number of ether oxygens (including phenoxy) is 3. The van der Waals surface area contributed by atoms with Gasteiger partial charge in [0.1, 0.15) is 6.61 Å². The Morgan fingerprint density at radius 3 is 1.21 bits per heavy atom. The summed E-state index contributed by atoms with van der Waals surface area (Å²) in [4.78, 5) is 25.3. The van der Waals surface area contributed by atoms with Crippen LogP contribution in [0.5, 0.6) is 0 Å². The summed E-state index contributed by atoms with van der Waals surface area (Å²) in [5.74, 6) is -0.512. The van der Waals surface area contributed by atoms with Crippen LogP contribution >= 0.6 is 0 Å². The third-order valence-corrected chi connectivity index (χ3v) is 9.63. The summed E-state index contributed by atoms with van der Waals surface area (Å²) < 4.78 is 17.3. The molecule has 0 radical (unpaired) electrons. The van der Waals surface area contributed by atoms with Crippen molar-refractivity contribution in [2.75, 3.05) is 19.8 Å². The van der Waals surface area contributed by atoms with Crippen molar-refractivity contribution < 1.29 is 23.8 Å². The average Bonchev–Trinajstić information content (AvgIpc) is 3.27. The molecule has 62 heavy (non-hydrogen) atoms. The molecule has 5 heteroatoms. The highest BCUT2D eigenvalue weighted by molar-refractivity contribution is 5.70. The van der Waals surface area contributed by atoms with Crippen molar-refractivity contribution in [1.29, 1.82) is 0 Å². The lowest BCUT2D eigenvalue weighted by Crippen LogP contribution is -2.30. The summed E-state index contributed by atoms with van der Waals surface area (Å²) >= 11 is 0. The van der Waals surface area contributed by atoms with Gasteiger partial charge < -0.3 is 14.2 Å². The summed E-state index contributed by atoms with van der Waals surface area (Å²) in [6.45, 7) is 7.36. The molecule has 5 nitrogen and oxygen atoms in total. The molecule has 0 aromatic rings. The minimum atomic E-state index is -0.592. The SMILES string of the molecule is CC/C=C\C/C=C\C/C=C\C/C=C\C/C=C\CCCC(=O)OCC(COCCCCC/C=C\C/C=C\C/C=C\C/C=C\CC)OC(=O)CCCCCCC/C=C\C/C=C\CCC. The van der Waals surface area contributed by atoms with Gasteiger partial charge in [0.25, 0.3) is 0 Å². The molecule has 1 atom stereocenters. The lowest BCUT2D eigenvalue weighted by molar-refractivity contribution is -0.163. The maximum absolute atomic E-state index is 12.8. The van der Waals surface area contributed by atoms with Gasteiger partial charge in [-0.05, 0) is 122 Å². The Labute approximate surface area is 381 Å². The number of carbonyl (C=O) groups is 2. The summed E-state index contributed by atoms with van der Waals surface area (Å²) in [6.07, 6.45) is 73.2. The molecule has 0 rings (SSSR count). The molecule has 0 aromatic heterocycles. The largest absolute Gasteiger partial charge is 0.462 e. The molecule has 0 spiro atoms. The van der Waals surface area contributed by atoms with Crippen molar-refractivity contribution in [2.24, 2.45) is 0 Å². The maximum atomic E-state index is 12.8. The van der Waals surface area contributed by atoms with E-state index < -0.39 is 6.10 Å². The van der Waals surface area contributed by atoms with Gasteiger partial charge in [0.15, 0.2) is 6.10 Å². The summed E-state index contributed by atoms with van der Waals surface area (Å²) in [5.41, 5.74) is 0. The van der Waals surface area contributed by atoms with Crippen molar-refractivity contribution in [3.63, 3.8) is 0 Å². The third kappa shape index (κ3) is 48.7. The van der Waals surface area contributed by atoms with Gasteiger partial charge in [-0.25, -0.2) is 0 Å². The zero-order valence-corrected chi connectivity index (χ0v) is 39.8. The number of hydrogen-bond acceptors (Lipinski definition) is 5. The van der Waals surface area contributed by atoms with E-state index in [1.807, 2.05) is 0 Å². The van der Waals surface area contributed by atoms with Gasteiger partial charge in [0.2, 0.25) is 0 Å². The van der Waals surface area contributed by atoms with E-state index in [0.717, 1.165) is 135 Å². The Bertz CT molecular complexity index is 1330. The normalized spacial score (nSPS) is 13.4. The summed E-state index contributed by atoms with van der Waals surface area (Å²) in [6, 6.07) is 0. The number of esters is 2. The first-order valence-corrected chi connectivity index (χ1v) is 24.7. The minimum Gasteiger partial charge on any atom is -0.462 e. The topological polar surface area (TPSA) is 61.8 Å². The van der Waals surface area contributed by atoms with Crippen LogP contribution < -0.4 is 0 Å². The zero-order valence-electron chi connectivity index (χ0n) is 39.8. The molecule has 0 N–H and O–H groups in total. The van der Waals surface area contributed by atoms with Crippen LogP contribution in [-0.4, -0.2) is 37.9 Å². The molecule has 0 saturated carbocycles. The van der Waals surface area contributed by atoms with Crippen LogP contribution in [0.4, 0.5) is 0 Å². The first kappa shape index (κ1) is 58.0. The highest BCUT2D eigenvalue weighted by atomic mass is 16.6. The van der Waals surface area contributed by atoms with Gasteiger partial charge in [-0.2, -0.15) is 0 Å². The van der Waals surface area contributed by atoms with E-state index in [2.05, 4.69) is 154 Å². The molecule has 0 aliphatic carbocycles. The second kappa shape index (κ2) is 51.4. The van der Waals surface area contributed by atoms with Crippen LogP contribution in [0.25, 0.3) is 0 Å². The minimum absolute atomic E-state index is 0.0278. The second-order valence-electron chi connectivity index (χ2n) is 15.6. The molecule has 0 aromatic carbocycles. The first-order chi connectivity index (χ1) is 30.6. The van der Waals surface area contributed by atoms with Gasteiger partial charge in [-0.15, -0.1) is 0 Å². The van der Waals surface area contributed by atoms with Crippen molar-refractivity contribution in [3.8, 4) is 0 Å². The maximum Gasteiger partial charge on any atom is 0.306 e. The van der Waals surface area contributed by atoms with Gasteiger partial charge >= 0.3 is 11.9 Å². The van der Waals surface area contributed by atoms with E-state index in [-0.39, 0.29) is 25.2 Å². The number of carbonyl (C=O) groups excluding carboxylic acids is 2. The Hall–Kier alpha value is -3.96. The van der Waals surface area contributed by atoms with Gasteiger partial charge in [-0.3, -0.25) is 9.59 Å². The summed E-state index contributed by atoms with van der Waals surface area (Å²) in [5, 5.41) is 0. The summed E-state index contributed by atoms with van der Waals surface area (Å²) in [7, 11) is 0. The molecule has 0 fully saturated rings. The lowest BCUT2D eigenvalue weighted by atomic mass is 10.1. The molecule has 0 bridgehead atoms. The van der Waals surface area contributed by atoms with Gasteiger partial charge in [-0.1, -0.05) is 187 Å². The monoisotopic (exact) mass is 855 g/mol. The van der Waals surface area contributed by atoms with Crippen LogP contribution in [0.2, 0.25) is 0 Å². The molecular formula is C57H90O5. The van der Waals surface area contributed by atoms with Crippen molar-refractivity contribution in [3.05, 3.63) is 134 Å². The Morgan fingerprint density at radius 2 is 0.742 bits per heavy atom. The molecule has 0 amide bonds. The van der Waals surface area contributed by atoms with Crippen molar-refractivity contribution in [1.82, 2.24) is 0 Å². The number of rotatable bonds is 43. The van der Waals surface area contributed by atoms with Crippen LogP contribution in [0.3, 0.4) is 0 Å². The quantitative estimate of drug-likeness (QED) is 0.0347. The van der Waals surface area contributed by atoms with Crippen LogP contribution in [0.15, 0.2) is 134 Å². The average molecular weight is 855 g/mol. The molecule has 348 valence electrons. The lowest BCUT2D eigenvalue weighted by Gasteiger charge is -2.18. The fourth-order valence-corrected chi connectivity index (χ4v) is 6.04. The predicted octanol–water partition coefficient (Wildman–Crippen LogP) is 16.8.